The molecule has 0 spiro atoms. The summed E-state index contributed by atoms with van der Waals surface area (Å²) in [6, 6.07) is 0. The molecule has 2 heterocycles. The molecular formula is C12H16ClN5O2. The molecule has 0 atom stereocenters. The van der Waals surface area contributed by atoms with Crippen LogP contribution in [-0.4, -0.2) is 32.1 Å². The molecule has 108 valence electrons. The quantitative estimate of drug-likeness (QED) is 0.880. The van der Waals surface area contributed by atoms with E-state index in [2.05, 4.69) is 15.5 Å². The second-order valence-electron chi connectivity index (χ2n) is 4.17. The molecule has 2 aromatic rings. The molecule has 2 rings (SSSR count). The van der Waals surface area contributed by atoms with E-state index >= 15 is 0 Å². The smallest absolute Gasteiger partial charge is 0.246 e. The topological polar surface area (TPSA) is 74.0 Å². The second-order valence-corrected chi connectivity index (χ2v) is 4.58. The van der Waals surface area contributed by atoms with Crippen LogP contribution in [0.3, 0.4) is 0 Å². The molecule has 0 saturated carbocycles. The van der Waals surface area contributed by atoms with Gasteiger partial charge in [-0.25, -0.2) is 4.68 Å². The molecule has 1 amide bonds. The lowest BCUT2D eigenvalue weighted by molar-refractivity contribution is -0.116. The molecule has 20 heavy (non-hydrogen) atoms. The highest BCUT2D eigenvalue weighted by atomic mass is 35.5. The Balaban J connectivity index is 1.91. The molecule has 0 aliphatic rings. The average Bonchev–Trinajstić information content (AvgIpc) is 2.98. The highest BCUT2D eigenvalue weighted by Gasteiger charge is 2.09. The summed E-state index contributed by atoms with van der Waals surface area (Å²) in [6.45, 7) is 4.79. The van der Waals surface area contributed by atoms with Crippen molar-refractivity contribution in [3.05, 3.63) is 29.3 Å². The maximum atomic E-state index is 11.9. The Kier molecular flexibility index (Phi) is 4.75. The van der Waals surface area contributed by atoms with E-state index in [4.69, 9.17) is 16.3 Å². The van der Waals surface area contributed by atoms with E-state index in [0.717, 1.165) is 5.69 Å². The van der Waals surface area contributed by atoms with Crippen LogP contribution in [0.15, 0.2) is 18.6 Å². The number of ether oxygens (including phenoxy) is 1. The van der Waals surface area contributed by atoms with Crippen molar-refractivity contribution in [3.8, 4) is 0 Å². The number of rotatable bonds is 6. The van der Waals surface area contributed by atoms with Gasteiger partial charge in [-0.15, -0.1) is 0 Å². The van der Waals surface area contributed by atoms with E-state index in [9.17, 15) is 4.79 Å². The maximum Gasteiger partial charge on any atom is 0.246 e. The molecule has 1 N–H and O–H groups in total. The van der Waals surface area contributed by atoms with Crippen molar-refractivity contribution in [1.29, 1.82) is 0 Å². The minimum Gasteiger partial charge on any atom is -0.360 e. The monoisotopic (exact) mass is 297 g/mol. The lowest BCUT2D eigenvalue weighted by Gasteiger charge is -2.05. The highest BCUT2D eigenvalue weighted by Crippen LogP contribution is 2.13. The van der Waals surface area contributed by atoms with Crippen molar-refractivity contribution >= 4 is 23.2 Å². The average molecular weight is 298 g/mol. The van der Waals surface area contributed by atoms with Crippen LogP contribution in [0.1, 0.15) is 12.6 Å². The summed E-state index contributed by atoms with van der Waals surface area (Å²) in [5.74, 6) is -0.191. The molecule has 0 aliphatic carbocycles. The first-order valence-corrected chi connectivity index (χ1v) is 6.56. The molecule has 0 aromatic carbocycles. The van der Waals surface area contributed by atoms with Crippen molar-refractivity contribution in [2.24, 2.45) is 0 Å². The Hall–Kier alpha value is -1.86. The number of nitrogens with one attached hydrogen (secondary N) is 1. The van der Waals surface area contributed by atoms with E-state index in [1.807, 2.05) is 13.8 Å². The minimum atomic E-state index is -0.191. The van der Waals surface area contributed by atoms with E-state index < -0.39 is 0 Å². The van der Waals surface area contributed by atoms with Gasteiger partial charge in [-0.3, -0.25) is 9.48 Å². The largest absolute Gasteiger partial charge is 0.360 e. The van der Waals surface area contributed by atoms with E-state index in [1.54, 1.807) is 21.8 Å². The van der Waals surface area contributed by atoms with Gasteiger partial charge in [-0.2, -0.15) is 10.2 Å². The van der Waals surface area contributed by atoms with Crippen LogP contribution in [0.5, 0.6) is 0 Å². The molecule has 0 radical (unpaired) electrons. The van der Waals surface area contributed by atoms with Gasteiger partial charge in [0.15, 0.2) is 0 Å². The third kappa shape index (κ3) is 3.58. The van der Waals surface area contributed by atoms with Crippen LogP contribution >= 0.6 is 11.6 Å². The molecule has 0 bridgehead atoms. The van der Waals surface area contributed by atoms with E-state index in [-0.39, 0.29) is 12.5 Å². The fraction of sp³-hybridized carbons (Fsp3) is 0.417. The Morgan fingerprint density at radius 3 is 2.90 bits per heavy atom. The van der Waals surface area contributed by atoms with Gasteiger partial charge < -0.3 is 10.1 Å². The third-order valence-electron chi connectivity index (χ3n) is 2.68. The van der Waals surface area contributed by atoms with Crippen LogP contribution in [0, 0.1) is 6.92 Å². The number of carbonyl (C=O) groups is 1. The summed E-state index contributed by atoms with van der Waals surface area (Å²) < 4.78 is 8.36. The normalized spacial score (nSPS) is 10.8. The summed E-state index contributed by atoms with van der Waals surface area (Å²) >= 11 is 5.88. The van der Waals surface area contributed by atoms with Gasteiger partial charge in [0.2, 0.25) is 5.91 Å². The molecule has 8 heteroatoms. The van der Waals surface area contributed by atoms with Gasteiger partial charge >= 0.3 is 0 Å². The Bertz CT molecular complexity index is 592. The standard InChI is InChI=1S/C12H16ClN5O2/c1-3-20-8-17-6-10(4-14-17)16-12(19)7-18-9(2)11(13)5-15-18/h4-6H,3,7-8H2,1-2H3,(H,16,19). The predicted octanol–water partition coefficient (Wildman–Crippen LogP) is 1.67. The zero-order valence-corrected chi connectivity index (χ0v) is 12.1. The Morgan fingerprint density at radius 1 is 1.45 bits per heavy atom. The van der Waals surface area contributed by atoms with Crippen molar-refractivity contribution < 1.29 is 9.53 Å². The van der Waals surface area contributed by atoms with Crippen LogP contribution in [0.2, 0.25) is 5.02 Å². The number of amides is 1. The molecule has 0 aliphatic heterocycles. The zero-order valence-electron chi connectivity index (χ0n) is 11.3. The van der Waals surface area contributed by atoms with E-state index in [1.165, 1.54) is 6.20 Å². The molecule has 2 aromatic heterocycles. The molecule has 0 fully saturated rings. The van der Waals surface area contributed by atoms with Gasteiger partial charge in [0.1, 0.15) is 13.3 Å². The summed E-state index contributed by atoms with van der Waals surface area (Å²) in [7, 11) is 0. The first kappa shape index (κ1) is 14.5. The molecule has 0 saturated heterocycles. The number of hydrogen-bond acceptors (Lipinski definition) is 4. The Labute approximate surface area is 121 Å². The van der Waals surface area contributed by atoms with Crippen LogP contribution < -0.4 is 5.32 Å². The molecular weight excluding hydrogens is 282 g/mol. The number of aromatic nitrogens is 4. The first-order valence-electron chi connectivity index (χ1n) is 6.18. The van der Waals surface area contributed by atoms with Gasteiger partial charge in [0.25, 0.3) is 0 Å². The van der Waals surface area contributed by atoms with E-state index in [0.29, 0.717) is 24.0 Å². The molecule has 7 nitrogen and oxygen atoms in total. The zero-order chi connectivity index (χ0) is 14.5. The fourth-order valence-electron chi connectivity index (χ4n) is 1.60. The van der Waals surface area contributed by atoms with Gasteiger partial charge in [-0.05, 0) is 13.8 Å². The minimum absolute atomic E-state index is 0.106. The lowest BCUT2D eigenvalue weighted by atomic mass is 10.4. The first-order chi connectivity index (χ1) is 9.60. The summed E-state index contributed by atoms with van der Waals surface area (Å²) in [6.07, 6.45) is 4.79. The summed E-state index contributed by atoms with van der Waals surface area (Å²) in [5, 5.41) is 11.4. The van der Waals surface area contributed by atoms with Crippen LogP contribution in [-0.2, 0) is 22.8 Å². The van der Waals surface area contributed by atoms with Gasteiger partial charge in [0, 0.05) is 6.61 Å². The van der Waals surface area contributed by atoms with Crippen LogP contribution in [0.25, 0.3) is 0 Å². The summed E-state index contributed by atoms with van der Waals surface area (Å²) in [4.78, 5) is 11.9. The number of nitrogens with zero attached hydrogens (tertiary/aromatic N) is 4. The van der Waals surface area contributed by atoms with Crippen molar-refractivity contribution in [3.63, 3.8) is 0 Å². The SMILES string of the molecule is CCOCn1cc(NC(=O)Cn2ncc(Cl)c2C)cn1. The third-order valence-corrected chi connectivity index (χ3v) is 3.05. The fourth-order valence-corrected chi connectivity index (χ4v) is 1.74. The number of carbonyl (C=O) groups excluding carboxylic acids is 1. The van der Waals surface area contributed by atoms with Gasteiger partial charge in [0.05, 0.1) is 35.0 Å². The molecule has 0 unspecified atom stereocenters. The maximum absolute atomic E-state index is 11.9. The van der Waals surface area contributed by atoms with Crippen LogP contribution in [0.4, 0.5) is 5.69 Å². The predicted molar refractivity (Wildman–Crippen MR) is 74.5 cm³/mol. The lowest BCUT2D eigenvalue weighted by Crippen LogP contribution is -2.20. The van der Waals surface area contributed by atoms with Crippen molar-refractivity contribution in [2.45, 2.75) is 27.1 Å². The number of hydrogen-bond donors (Lipinski definition) is 1. The van der Waals surface area contributed by atoms with Crippen molar-refractivity contribution in [2.75, 3.05) is 11.9 Å². The Morgan fingerprint density at radius 2 is 2.25 bits per heavy atom. The number of halogens is 1. The summed E-state index contributed by atoms with van der Waals surface area (Å²) in [5.41, 5.74) is 1.37. The second kappa shape index (κ2) is 6.53. The van der Waals surface area contributed by atoms with Crippen molar-refractivity contribution in [1.82, 2.24) is 19.6 Å². The van der Waals surface area contributed by atoms with Gasteiger partial charge in [-0.1, -0.05) is 11.6 Å². The number of anilines is 1. The highest BCUT2D eigenvalue weighted by molar-refractivity contribution is 6.31.